The Balaban J connectivity index is 0.00000361. The van der Waals surface area contributed by atoms with Crippen LogP contribution in [-0.4, -0.2) is 5.17 Å². The van der Waals surface area contributed by atoms with Gasteiger partial charge in [0.1, 0.15) is 0 Å². The molecule has 0 amide bonds. The molecule has 0 aliphatic carbocycles. The van der Waals surface area contributed by atoms with E-state index in [1.807, 2.05) is 0 Å². The van der Waals surface area contributed by atoms with Gasteiger partial charge in [-0.3, -0.25) is 5.41 Å². The Kier molecular flexibility index (Phi) is 6.22. The summed E-state index contributed by atoms with van der Waals surface area (Å²) < 4.78 is 75.0. The van der Waals surface area contributed by atoms with Crippen molar-refractivity contribution in [1.82, 2.24) is 0 Å². The number of halogens is 7. The van der Waals surface area contributed by atoms with Crippen molar-refractivity contribution >= 4 is 29.3 Å². The van der Waals surface area contributed by atoms with Crippen LogP contribution in [0.1, 0.15) is 16.7 Å². The standard InChI is InChI=1S/C10H8F6N2S.ClH/c11-9(12,13)6-1-5(4-19-8(17)18)2-7(3-6)10(14,15)16;/h1-3H,4H2,(H3,17,18);1H. The summed E-state index contributed by atoms with van der Waals surface area (Å²) in [5.41, 5.74) is 2.05. The molecule has 1 aromatic rings. The van der Waals surface area contributed by atoms with Crippen LogP contribution in [0.15, 0.2) is 18.2 Å². The van der Waals surface area contributed by atoms with Gasteiger partial charge in [0.05, 0.1) is 11.1 Å². The molecule has 114 valence electrons. The summed E-state index contributed by atoms with van der Waals surface area (Å²) in [5, 5.41) is 6.51. The molecule has 1 rings (SSSR count). The van der Waals surface area contributed by atoms with E-state index in [-0.39, 0.29) is 35.0 Å². The normalized spacial score (nSPS) is 11.9. The molecule has 0 aromatic heterocycles. The second kappa shape index (κ2) is 6.57. The topological polar surface area (TPSA) is 49.9 Å². The van der Waals surface area contributed by atoms with Crippen molar-refractivity contribution in [1.29, 1.82) is 5.41 Å². The molecule has 1 aromatic carbocycles. The predicted octanol–water partition coefficient (Wildman–Crippen LogP) is 4.27. The van der Waals surface area contributed by atoms with Crippen molar-refractivity contribution in [2.45, 2.75) is 18.1 Å². The van der Waals surface area contributed by atoms with E-state index in [0.717, 1.165) is 0 Å². The van der Waals surface area contributed by atoms with E-state index in [9.17, 15) is 26.3 Å². The van der Waals surface area contributed by atoms with Gasteiger partial charge in [0, 0.05) is 5.75 Å². The molecule has 0 saturated carbocycles. The molecule has 0 aliphatic heterocycles. The summed E-state index contributed by atoms with van der Waals surface area (Å²) in [4.78, 5) is 0. The second-order valence-corrected chi connectivity index (χ2v) is 4.58. The van der Waals surface area contributed by atoms with E-state index in [1.54, 1.807) is 0 Å². The molecule has 0 atom stereocenters. The van der Waals surface area contributed by atoms with Gasteiger partial charge in [-0.1, -0.05) is 11.8 Å². The summed E-state index contributed by atoms with van der Waals surface area (Å²) in [6.45, 7) is 0. The van der Waals surface area contributed by atoms with Gasteiger partial charge in [-0.2, -0.15) is 26.3 Å². The van der Waals surface area contributed by atoms with Crippen molar-refractivity contribution in [2.24, 2.45) is 5.73 Å². The van der Waals surface area contributed by atoms with Gasteiger partial charge >= 0.3 is 12.4 Å². The van der Waals surface area contributed by atoms with Crippen LogP contribution in [0.2, 0.25) is 0 Å². The fourth-order valence-corrected chi connectivity index (χ4v) is 1.75. The minimum Gasteiger partial charge on any atom is -0.379 e. The quantitative estimate of drug-likeness (QED) is 0.480. The molecule has 0 heterocycles. The van der Waals surface area contributed by atoms with Crippen LogP contribution in [0, 0.1) is 5.41 Å². The van der Waals surface area contributed by atoms with Crippen LogP contribution >= 0.6 is 24.2 Å². The van der Waals surface area contributed by atoms with Crippen molar-refractivity contribution < 1.29 is 26.3 Å². The summed E-state index contributed by atoms with van der Waals surface area (Å²) >= 11 is 0.649. The Morgan fingerprint density at radius 2 is 1.40 bits per heavy atom. The molecule has 0 bridgehead atoms. The number of amidine groups is 1. The third-order valence-corrected chi connectivity index (χ3v) is 2.83. The third kappa shape index (κ3) is 5.49. The number of rotatable bonds is 2. The number of nitrogens with two attached hydrogens (primary N) is 1. The predicted molar refractivity (Wildman–Crippen MR) is 66.9 cm³/mol. The van der Waals surface area contributed by atoms with Crippen LogP contribution in [0.4, 0.5) is 26.3 Å². The lowest BCUT2D eigenvalue weighted by Gasteiger charge is -2.13. The first-order valence-corrected chi connectivity index (χ1v) is 5.74. The van der Waals surface area contributed by atoms with Gasteiger partial charge in [0.25, 0.3) is 0 Å². The number of thioether (sulfide) groups is 1. The molecule has 0 spiro atoms. The molecule has 0 fully saturated rings. The molecule has 3 N–H and O–H groups in total. The average Bonchev–Trinajstić information content (AvgIpc) is 2.23. The smallest absolute Gasteiger partial charge is 0.379 e. The number of hydrogen-bond donors (Lipinski definition) is 2. The monoisotopic (exact) mass is 338 g/mol. The Morgan fingerprint density at radius 1 is 1.00 bits per heavy atom. The van der Waals surface area contributed by atoms with Gasteiger partial charge in [0.15, 0.2) is 5.17 Å². The first-order chi connectivity index (χ1) is 8.50. The third-order valence-electron chi connectivity index (χ3n) is 2.04. The molecular formula is C10H9ClF6N2S. The number of nitrogens with one attached hydrogen (secondary N) is 1. The molecule has 0 saturated heterocycles. The van der Waals surface area contributed by atoms with Crippen molar-refractivity contribution in [3.63, 3.8) is 0 Å². The van der Waals surface area contributed by atoms with Gasteiger partial charge in [-0.15, -0.1) is 12.4 Å². The fraction of sp³-hybridized carbons (Fsp3) is 0.300. The highest BCUT2D eigenvalue weighted by Gasteiger charge is 2.36. The first kappa shape index (κ1) is 18.9. The zero-order valence-electron chi connectivity index (χ0n) is 9.60. The maximum absolute atomic E-state index is 12.5. The molecule has 20 heavy (non-hydrogen) atoms. The summed E-state index contributed by atoms with van der Waals surface area (Å²) in [7, 11) is 0. The highest BCUT2D eigenvalue weighted by atomic mass is 35.5. The molecule has 2 nitrogen and oxygen atoms in total. The molecule has 0 radical (unpaired) electrons. The van der Waals surface area contributed by atoms with E-state index < -0.39 is 23.5 Å². The second-order valence-electron chi connectivity index (χ2n) is 3.57. The van der Waals surface area contributed by atoms with E-state index >= 15 is 0 Å². The SMILES string of the molecule is Cl.N=C(N)SCc1cc(C(F)(F)F)cc(C(F)(F)F)c1. The summed E-state index contributed by atoms with van der Waals surface area (Å²) in [5.74, 6) is -0.234. The number of benzene rings is 1. The van der Waals surface area contributed by atoms with Crippen LogP contribution in [-0.2, 0) is 18.1 Å². The van der Waals surface area contributed by atoms with E-state index in [4.69, 9.17) is 11.1 Å². The summed E-state index contributed by atoms with van der Waals surface area (Å²) in [6.07, 6.45) is -9.73. The highest BCUT2D eigenvalue weighted by molar-refractivity contribution is 8.13. The molecule has 0 aliphatic rings. The lowest BCUT2D eigenvalue weighted by atomic mass is 10.1. The van der Waals surface area contributed by atoms with Crippen LogP contribution in [0.25, 0.3) is 0 Å². The minimum absolute atomic E-state index is 0. The lowest BCUT2D eigenvalue weighted by Crippen LogP contribution is -2.12. The van der Waals surface area contributed by atoms with Gasteiger partial charge < -0.3 is 5.73 Å². The molecule has 0 unspecified atom stereocenters. The zero-order valence-corrected chi connectivity index (χ0v) is 11.2. The van der Waals surface area contributed by atoms with Crippen LogP contribution < -0.4 is 5.73 Å². The maximum Gasteiger partial charge on any atom is 0.416 e. The van der Waals surface area contributed by atoms with Crippen LogP contribution in [0.5, 0.6) is 0 Å². The maximum atomic E-state index is 12.5. The van der Waals surface area contributed by atoms with Gasteiger partial charge in [-0.05, 0) is 23.8 Å². The first-order valence-electron chi connectivity index (χ1n) is 4.75. The Morgan fingerprint density at radius 3 is 1.70 bits per heavy atom. The van der Waals surface area contributed by atoms with Crippen molar-refractivity contribution in [2.75, 3.05) is 0 Å². The zero-order chi connectivity index (χ0) is 14.8. The largest absolute Gasteiger partial charge is 0.416 e. The van der Waals surface area contributed by atoms with E-state index in [1.165, 1.54) is 0 Å². The summed E-state index contributed by atoms with van der Waals surface area (Å²) in [6, 6.07) is 1.29. The molecule has 10 heteroatoms. The average molecular weight is 339 g/mol. The Labute approximate surface area is 120 Å². The van der Waals surface area contributed by atoms with Gasteiger partial charge in [0.2, 0.25) is 0 Å². The van der Waals surface area contributed by atoms with E-state index in [2.05, 4.69) is 0 Å². The Bertz CT molecular complexity index is 453. The van der Waals surface area contributed by atoms with E-state index in [0.29, 0.717) is 23.9 Å². The lowest BCUT2D eigenvalue weighted by molar-refractivity contribution is -0.143. The minimum atomic E-state index is -4.86. The Hall–Kier alpha value is -1.09. The highest BCUT2D eigenvalue weighted by Crippen LogP contribution is 2.36. The van der Waals surface area contributed by atoms with Crippen LogP contribution in [0.3, 0.4) is 0 Å². The molecular weight excluding hydrogens is 330 g/mol. The number of hydrogen-bond acceptors (Lipinski definition) is 2. The van der Waals surface area contributed by atoms with Gasteiger partial charge in [-0.25, -0.2) is 0 Å². The number of alkyl halides is 6. The van der Waals surface area contributed by atoms with Crippen molar-refractivity contribution in [3.05, 3.63) is 34.9 Å². The fourth-order valence-electron chi connectivity index (χ4n) is 1.26. The van der Waals surface area contributed by atoms with Crippen molar-refractivity contribution in [3.8, 4) is 0 Å².